The lowest BCUT2D eigenvalue weighted by molar-refractivity contribution is -0.145. The monoisotopic (exact) mass is 369 g/mol. The molecule has 0 aromatic carbocycles. The van der Waals surface area contributed by atoms with Crippen LogP contribution in [0, 0.1) is 46.3 Å². The van der Waals surface area contributed by atoms with Crippen LogP contribution in [0.1, 0.15) is 78.6 Å². The van der Waals surface area contributed by atoms with Crippen LogP contribution in [0.4, 0.5) is 0 Å². The third-order valence-electron chi connectivity index (χ3n) is 10.2. The quantitative estimate of drug-likeness (QED) is 0.629. The standard InChI is InChI=1S/C25H39NO/c1-16-13-18-14-19(27)8-10-24(18,2)22-9-11-25(3)20(6-7-21(25)23(16)22)17-5-4-12-26-15-17/h6,16-18,21-23,26H,4-5,7-15H2,1-3H3/t16-,17?,18?,21-,22-,23-,24-,25+/m0/s1. The molecule has 0 amide bonds. The number of carbonyl (C=O) groups excluding carboxylic acids is 1. The molecule has 4 fully saturated rings. The zero-order valence-electron chi connectivity index (χ0n) is 17.7. The Labute approximate surface area is 165 Å². The maximum Gasteiger partial charge on any atom is 0.133 e. The summed E-state index contributed by atoms with van der Waals surface area (Å²) in [4.78, 5) is 12.2. The van der Waals surface area contributed by atoms with Gasteiger partial charge in [0.05, 0.1) is 0 Å². The van der Waals surface area contributed by atoms with Crippen molar-refractivity contribution in [3.8, 4) is 0 Å². The minimum absolute atomic E-state index is 0.432. The molecule has 0 aromatic heterocycles. The Bertz CT molecular complexity index is 647. The smallest absolute Gasteiger partial charge is 0.133 e. The van der Waals surface area contributed by atoms with Gasteiger partial charge >= 0.3 is 0 Å². The van der Waals surface area contributed by atoms with Crippen LogP contribution in [0.25, 0.3) is 0 Å². The van der Waals surface area contributed by atoms with Crippen molar-refractivity contribution in [2.24, 2.45) is 46.3 Å². The van der Waals surface area contributed by atoms with Crippen LogP contribution in [-0.4, -0.2) is 18.9 Å². The van der Waals surface area contributed by atoms with E-state index >= 15 is 0 Å². The van der Waals surface area contributed by atoms with Gasteiger partial charge in [-0.2, -0.15) is 0 Å². The first-order chi connectivity index (χ1) is 12.9. The van der Waals surface area contributed by atoms with Crippen molar-refractivity contribution in [2.45, 2.75) is 78.6 Å². The molecule has 3 saturated carbocycles. The molecule has 1 N–H and O–H groups in total. The van der Waals surface area contributed by atoms with E-state index in [0.717, 1.165) is 42.4 Å². The molecule has 2 unspecified atom stereocenters. The lowest BCUT2D eigenvalue weighted by Gasteiger charge is -2.62. The molecule has 0 bridgehead atoms. The summed E-state index contributed by atoms with van der Waals surface area (Å²) in [6.45, 7) is 10.2. The van der Waals surface area contributed by atoms with Crippen molar-refractivity contribution in [1.82, 2.24) is 5.32 Å². The van der Waals surface area contributed by atoms with Gasteiger partial charge in [0.25, 0.3) is 0 Å². The number of ketones is 1. The number of hydrogen-bond acceptors (Lipinski definition) is 2. The third kappa shape index (κ3) is 2.65. The summed E-state index contributed by atoms with van der Waals surface area (Å²) >= 11 is 0. The van der Waals surface area contributed by atoms with Gasteiger partial charge in [0.1, 0.15) is 5.78 Å². The van der Waals surface area contributed by atoms with Gasteiger partial charge in [-0.25, -0.2) is 0 Å². The van der Waals surface area contributed by atoms with Crippen molar-refractivity contribution < 1.29 is 4.79 Å². The van der Waals surface area contributed by atoms with E-state index in [1.54, 1.807) is 0 Å². The Hall–Kier alpha value is -0.630. The van der Waals surface area contributed by atoms with Gasteiger partial charge in [0.15, 0.2) is 0 Å². The Balaban J connectivity index is 1.43. The first kappa shape index (κ1) is 18.4. The summed E-state index contributed by atoms with van der Waals surface area (Å²) in [5, 5.41) is 3.66. The van der Waals surface area contributed by atoms with Crippen LogP contribution in [0.3, 0.4) is 0 Å². The lowest BCUT2D eigenvalue weighted by Crippen LogP contribution is -2.56. The molecular formula is C25H39NO. The molecule has 1 heterocycles. The van der Waals surface area contributed by atoms with Gasteiger partial charge < -0.3 is 5.32 Å². The van der Waals surface area contributed by atoms with Crippen molar-refractivity contribution in [2.75, 3.05) is 13.1 Å². The summed E-state index contributed by atoms with van der Waals surface area (Å²) in [5.74, 6) is 5.38. The highest BCUT2D eigenvalue weighted by atomic mass is 16.1. The zero-order chi connectivity index (χ0) is 18.8. The third-order valence-corrected chi connectivity index (χ3v) is 10.2. The number of Topliss-reactive ketones (excluding diaryl/α,β-unsaturated/α-hetero) is 1. The van der Waals surface area contributed by atoms with Gasteiger partial charge in [-0.3, -0.25) is 4.79 Å². The molecule has 150 valence electrons. The number of carbonyl (C=O) groups is 1. The van der Waals surface area contributed by atoms with E-state index in [1.165, 1.54) is 58.0 Å². The molecule has 1 saturated heterocycles. The SMILES string of the molecule is C[C@H]1CC2CC(=O)CC[C@]2(C)[C@H]2CC[C@]3(C)C(C4CCCNC4)=CC[C@H]3[C@H]12. The molecule has 2 nitrogen and oxygen atoms in total. The Morgan fingerprint density at radius 3 is 2.78 bits per heavy atom. The normalized spacial score (nSPS) is 52.6. The van der Waals surface area contributed by atoms with Gasteiger partial charge in [-0.15, -0.1) is 0 Å². The second kappa shape index (κ2) is 6.44. The van der Waals surface area contributed by atoms with Crippen molar-refractivity contribution >= 4 is 5.78 Å². The topological polar surface area (TPSA) is 29.1 Å². The molecule has 2 heteroatoms. The van der Waals surface area contributed by atoms with Crippen LogP contribution >= 0.6 is 0 Å². The maximum absolute atomic E-state index is 12.2. The summed E-state index contributed by atoms with van der Waals surface area (Å²) in [7, 11) is 0. The highest BCUT2D eigenvalue weighted by molar-refractivity contribution is 5.79. The fourth-order valence-corrected chi connectivity index (χ4v) is 8.78. The molecule has 5 aliphatic rings. The van der Waals surface area contributed by atoms with Gasteiger partial charge in [-0.1, -0.05) is 32.4 Å². The van der Waals surface area contributed by atoms with Gasteiger partial charge in [0, 0.05) is 19.4 Å². The van der Waals surface area contributed by atoms with E-state index in [0.29, 0.717) is 22.5 Å². The Morgan fingerprint density at radius 2 is 2.00 bits per heavy atom. The van der Waals surface area contributed by atoms with E-state index < -0.39 is 0 Å². The average Bonchev–Trinajstić information content (AvgIpc) is 3.01. The highest BCUT2D eigenvalue weighted by Gasteiger charge is 2.60. The van der Waals surface area contributed by atoms with E-state index in [1.807, 2.05) is 5.57 Å². The van der Waals surface area contributed by atoms with Gasteiger partial charge in [-0.05, 0) is 97.8 Å². The summed E-state index contributed by atoms with van der Waals surface area (Å²) in [6, 6.07) is 0. The first-order valence-electron chi connectivity index (χ1n) is 11.9. The van der Waals surface area contributed by atoms with Crippen LogP contribution < -0.4 is 5.32 Å². The number of hydrogen-bond donors (Lipinski definition) is 1. The minimum Gasteiger partial charge on any atom is -0.316 e. The molecule has 27 heavy (non-hydrogen) atoms. The predicted octanol–water partition coefficient (Wildman–Crippen LogP) is 5.38. The molecule has 4 aliphatic carbocycles. The van der Waals surface area contributed by atoms with Crippen molar-refractivity contribution in [3.05, 3.63) is 11.6 Å². The fourth-order valence-electron chi connectivity index (χ4n) is 8.78. The van der Waals surface area contributed by atoms with Crippen LogP contribution in [-0.2, 0) is 4.79 Å². The number of fused-ring (bicyclic) bond motifs is 5. The summed E-state index contributed by atoms with van der Waals surface area (Å²) < 4.78 is 0. The number of rotatable bonds is 1. The average molecular weight is 370 g/mol. The second-order valence-electron chi connectivity index (χ2n) is 11.3. The fraction of sp³-hybridized carbons (Fsp3) is 0.880. The van der Waals surface area contributed by atoms with Crippen LogP contribution in [0.5, 0.6) is 0 Å². The van der Waals surface area contributed by atoms with Crippen LogP contribution in [0.2, 0.25) is 0 Å². The van der Waals surface area contributed by atoms with E-state index in [2.05, 4.69) is 32.2 Å². The van der Waals surface area contributed by atoms with E-state index in [4.69, 9.17) is 0 Å². The molecule has 1 aliphatic heterocycles. The minimum atomic E-state index is 0.432. The number of nitrogens with one attached hydrogen (secondary N) is 1. The van der Waals surface area contributed by atoms with E-state index in [-0.39, 0.29) is 0 Å². The van der Waals surface area contributed by atoms with Crippen molar-refractivity contribution in [3.63, 3.8) is 0 Å². The first-order valence-corrected chi connectivity index (χ1v) is 11.9. The molecule has 5 rings (SSSR count). The Morgan fingerprint density at radius 1 is 1.15 bits per heavy atom. The summed E-state index contributed by atoms with van der Waals surface area (Å²) in [6.07, 6.45) is 13.8. The largest absolute Gasteiger partial charge is 0.316 e. The predicted molar refractivity (Wildman–Crippen MR) is 110 cm³/mol. The Kier molecular flexibility index (Phi) is 4.39. The number of allylic oxidation sites excluding steroid dienone is 1. The molecule has 8 atom stereocenters. The number of piperidine rings is 1. The second-order valence-corrected chi connectivity index (χ2v) is 11.3. The van der Waals surface area contributed by atoms with Gasteiger partial charge in [0.2, 0.25) is 0 Å². The van der Waals surface area contributed by atoms with Crippen LogP contribution in [0.15, 0.2) is 11.6 Å². The van der Waals surface area contributed by atoms with E-state index in [9.17, 15) is 4.79 Å². The lowest BCUT2D eigenvalue weighted by atomic mass is 9.42. The molecule has 0 radical (unpaired) electrons. The molecular weight excluding hydrogens is 330 g/mol. The molecule has 0 spiro atoms. The zero-order valence-corrected chi connectivity index (χ0v) is 17.7. The van der Waals surface area contributed by atoms with Crippen molar-refractivity contribution in [1.29, 1.82) is 0 Å². The summed E-state index contributed by atoms with van der Waals surface area (Å²) in [5.41, 5.74) is 2.71. The maximum atomic E-state index is 12.2. The highest BCUT2D eigenvalue weighted by Crippen LogP contribution is 2.68. The molecule has 0 aromatic rings.